The van der Waals surface area contributed by atoms with Gasteiger partial charge in [-0.15, -0.1) is 9.42 Å². The maximum atomic E-state index is 11.4. The third-order valence-electron chi connectivity index (χ3n) is 1.92. The van der Waals surface area contributed by atoms with Gasteiger partial charge in [0.15, 0.2) is 0 Å². The van der Waals surface area contributed by atoms with E-state index in [0.29, 0.717) is 0 Å². The first-order valence-electron chi connectivity index (χ1n) is 5.50. The molecule has 1 unspecified atom stereocenters. The number of sulfone groups is 1. The first-order chi connectivity index (χ1) is 8.44. The minimum atomic E-state index is -3.62. The van der Waals surface area contributed by atoms with Crippen LogP contribution in [0.3, 0.4) is 0 Å². The van der Waals surface area contributed by atoms with Gasteiger partial charge < -0.3 is 0 Å². The van der Waals surface area contributed by atoms with Crippen molar-refractivity contribution in [3.63, 3.8) is 0 Å². The predicted octanol–water partition coefficient (Wildman–Crippen LogP) is 2.89. The molecular formula is C11H18O5PS+. The van der Waals surface area contributed by atoms with E-state index >= 15 is 0 Å². The Hall–Kier alpha value is -0.810. The van der Waals surface area contributed by atoms with Gasteiger partial charge in [-0.1, -0.05) is 44.9 Å². The lowest BCUT2D eigenvalue weighted by Gasteiger charge is -1.98. The molecule has 1 rings (SSSR count). The van der Waals surface area contributed by atoms with Crippen LogP contribution < -0.4 is 0 Å². The zero-order valence-electron chi connectivity index (χ0n) is 10.4. The molecule has 0 amide bonds. The minimum absolute atomic E-state index is 0.0665. The Balaban J connectivity index is 0.000000631. The fourth-order valence-electron chi connectivity index (χ4n) is 0.810. The van der Waals surface area contributed by atoms with Crippen LogP contribution in [-0.4, -0.2) is 19.3 Å². The maximum Gasteiger partial charge on any atom is 0.695 e. The van der Waals surface area contributed by atoms with E-state index in [-0.39, 0.29) is 4.90 Å². The van der Waals surface area contributed by atoms with Gasteiger partial charge in [0, 0.05) is 4.57 Å². The van der Waals surface area contributed by atoms with E-state index in [9.17, 15) is 13.0 Å². The standard InChI is InChI=1S/C7H7O5PS.C4H10/c8-13(9)12-6-14(10,11)7-4-2-1-3-5-7;1-3-4-2/h1-5H,6H2;3-4H2,1-2H3/p+1. The van der Waals surface area contributed by atoms with Gasteiger partial charge in [-0.25, -0.2) is 8.42 Å². The normalized spacial score (nSPS) is 11.4. The van der Waals surface area contributed by atoms with Crippen LogP contribution in [0.4, 0.5) is 0 Å². The van der Waals surface area contributed by atoms with Gasteiger partial charge in [0.1, 0.15) is 0 Å². The molecule has 0 fully saturated rings. The highest BCUT2D eigenvalue weighted by Crippen LogP contribution is 2.18. The molecule has 0 bridgehead atoms. The van der Waals surface area contributed by atoms with Crippen LogP contribution in [0.25, 0.3) is 0 Å². The topological polar surface area (TPSA) is 80.7 Å². The molecule has 0 aliphatic rings. The fourth-order valence-corrected chi connectivity index (χ4v) is 2.43. The van der Waals surface area contributed by atoms with Gasteiger partial charge in [0.25, 0.3) is 0 Å². The number of rotatable bonds is 5. The average Bonchev–Trinajstić information content (AvgIpc) is 2.38. The van der Waals surface area contributed by atoms with E-state index in [1.807, 2.05) is 0 Å². The van der Waals surface area contributed by atoms with Crippen LogP contribution in [0.5, 0.6) is 0 Å². The third-order valence-corrected chi connectivity index (χ3v) is 3.86. The number of benzene rings is 1. The first kappa shape index (κ1) is 17.2. The average molecular weight is 293 g/mol. The Bertz CT molecular complexity index is 442. The van der Waals surface area contributed by atoms with Crippen molar-refractivity contribution >= 4 is 18.1 Å². The Labute approximate surface area is 109 Å². The number of hydrogen-bond donors (Lipinski definition) is 1. The summed E-state index contributed by atoms with van der Waals surface area (Å²) < 4.78 is 37.0. The fraction of sp³-hybridized carbons (Fsp3) is 0.455. The van der Waals surface area contributed by atoms with Crippen molar-refractivity contribution in [3.05, 3.63) is 30.3 Å². The smallest absolute Gasteiger partial charge is 0.221 e. The summed E-state index contributed by atoms with van der Waals surface area (Å²) >= 11 is 0. The molecular weight excluding hydrogens is 275 g/mol. The monoisotopic (exact) mass is 293 g/mol. The van der Waals surface area contributed by atoms with Gasteiger partial charge >= 0.3 is 8.25 Å². The molecule has 0 aliphatic carbocycles. The largest absolute Gasteiger partial charge is 0.695 e. The van der Waals surface area contributed by atoms with Crippen molar-refractivity contribution in [1.29, 1.82) is 0 Å². The molecule has 18 heavy (non-hydrogen) atoms. The predicted molar refractivity (Wildman–Crippen MR) is 70.0 cm³/mol. The Kier molecular flexibility index (Phi) is 8.75. The molecule has 1 aromatic carbocycles. The molecule has 5 nitrogen and oxygen atoms in total. The van der Waals surface area contributed by atoms with Crippen LogP contribution in [-0.2, 0) is 18.9 Å². The molecule has 0 heterocycles. The van der Waals surface area contributed by atoms with Crippen molar-refractivity contribution in [3.8, 4) is 0 Å². The molecule has 0 saturated carbocycles. The van der Waals surface area contributed by atoms with Gasteiger partial charge in [-0.05, 0) is 12.1 Å². The van der Waals surface area contributed by atoms with E-state index < -0.39 is 24.0 Å². The summed E-state index contributed by atoms with van der Waals surface area (Å²) in [6.07, 6.45) is 2.64. The second kappa shape index (κ2) is 9.16. The molecule has 0 aromatic heterocycles. The molecule has 0 aliphatic heterocycles. The van der Waals surface area contributed by atoms with Crippen molar-refractivity contribution in [1.82, 2.24) is 0 Å². The lowest BCUT2D eigenvalue weighted by Crippen LogP contribution is -2.06. The zero-order valence-corrected chi connectivity index (χ0v) is 12.2. The van der Waals surface area contributed by atoms with E-state index in [0.717, 1.165) is 0 Å². The summed E-state index contributed by atoms with van der Waals surface area (Å²) in [5.74, 6) is -0.789. The molecule has 0 radical (unpaired) electrons. The van der Waals surface area contributed by atoms with E-state index in [1.165, 1.54) is 25.0 Å². The second-order valence-corrected chi connectivity index (χ2v) is 6.08. The van der Waals surface area contributed by atoms with Crippen molar-refractivity contribution in [2.75, 3.05) is 5.94 Å². The summed E-state index contributed by atoms with van der Waals surface area (Å²) in [6.45, 7) is 4.36. The third kappa shape index (κ3) is 7.50. The lowest BCUT2D eigenvalue weighted by molar-refractivity contribution is 0.322. The Morgan fingerprint density at radius 1 is 1.17 bits per heavy atom. The molecule has 0 spiro atoms. The van der Waals surface area contributed by atoms with Gasteiger partial charge in [-0.2, -0.15) is 0 Å². The van der Waals surface area contributed by atoms with Gasteiger partial charge in [0.2, 0.25) is 15.8 Å². The molecule has 1 aromatic rings. The van der Waals surface area contributed by atoms with Crippen molar-refractivity contribution in [2.45, 2.75) is 31.6 Å². The zero-order chi connectivity index (χ0) is 14.0. The highest BCUT2D eigenvalue weighted by Gasteiger charge is 2.22. The van der Waals surface area contributed by atoms with Crippen LogP contribution in [0.2, 0.25) is 0 Å². The van der Waals surface area contributed by atoms with Gasteiger partial charge in [0.05, 0.1) is 4.90 Å². The van der Waals surface area contributed by atoms with E-state index in [1.54, 1.807) is 18.2 Å². The molecule has 1 atom stereocenters. The summed E-state index contributed by atoms with van der Waals surface area (Å²) in [5.41, 5.74) is 0. The minimum Gasteiger partial charge on any atom is -0.221 e. The van der Waals surface area contributed by atoms with E-state index in [4.69, 9.17) is 4.89 Å². The summed E-state index contributed by atoms with van der Waals surface area (Å²) in [5, 5.41) is 0. The molecule has 0 saturated heterocycles. The van der Waals surface area contributed by atoms with Crippen LogP contribution in [0, 0.1) is 0 Å². The van der Waals surface area contributed by atoms with E-state index in [2.05, 4.69) is 18.4 Å². The quantitative estimate of drug-likeness (QED) is 0.844. The first-order valence-corrected chi connectivity index (χ1v) is 8.29. The van der Waals surface area contributed by atoms with Gasteiger partial charge in [-0.3, -0.25) is 0 Å². The number of hydrogen-bond acceptors (Lipinski definition) is 4. The lowest BCUT2D eigenvalue weighted by atomic mass is 10.4. The van der Waals surface area contributed by atoms with Crippen molar-refractivity contribution in [2.24, 2.45) is 0 Å². The SMILES string of the molecule is CCCC.O=[P+](O)OCS(=O)(=O)c1ccccc1. The maximum absolute atomic E-state index is 11.4. The summed E-state index contributed by atoms with van der Waals surface area (Å²) in [4.78, 5) is 8.35. The Morgan fingerprint density at radius 2 is 1.67 bits per heavy atom. The highest BCUT2D eigenvalue weighted by atomic mass is 32.2. The second-order valence-electron chi connectivity index (χ2n) is 3.41. The van der Waals surface area contributed by atoms with Crippen molar-refractivity contribution < 1.29 is 22.4 Å². The summed E-state index contributed by atoms with van der Waals surface area (Å²) in [6, 6.07) is 7.58. The molecule has 102 valence electrons. The molecule has 1 N–H and O–H groups in total. The molecule has 7 heteroatoms. The van der Waals surface area contributed by atoms with Crippen LogP contribution in [0.15, 0.2) is 35.2 Å². The number of unbranched alkanes of at least 4 members (excludes halogenated alkanes) is 1. The highest BCUT2D eigenvalue weighted by molar-refractivity contribution is 7.91. The Morgan fingerprint density at radius 3 is 2.06 bits per heavy atom. The van der Waals surface area contributed by atoms with Crippen LogP contribution in [0.1, 0.15) is 26.7 Å². The van der Waals surface area contributed by atoms with Crippen LogP contribution >= 0.6 is 8.25 Å². The summed E-state index contributed by atoms with van der Waals surface area (Å²) in [7, 11) is -6.51.